The Labute approximate surface area is 145 Å². The number of likely N-dealkylation sites (tertiary alicyclic amines) is 1. The molecule has 0 aliphatic carbocycles. The van der Waals surface area contributed by atoms with Gasteiger partial charge in [0.25, 0.3) is 0 Å². The molecular formula is C17H22N4O2S. The van der Waals surface area contributed by atoms with E-state index in [1.54, 1.807) is 11.3 Å². The van der Waals surface area contributed by atoms with Gasteiger partial charge in [0.15, 0.2) is 0 Å². The molecule has 6 nitrogen and oxygen atoms in total. The standard InChI is InChI=1S/C17H22N4O2S/c22-15(21-8-5-17(6-9-21)4-7-18-12-17)2-1-14-19-16(20-23-14)13-3-10-24-11-13/h3,10-11,18H,1-2,4-9,12H2. The fraction of sp³-hybridized carbons (Fsp3) is 0.588. The number of carbonyl (C=O) groups excluding carboxylic acids is 1. The fourth-order valence-electron chi connectivity index (χ4n) is 3.69. The molecule has 1 amide bonds. The number of carbonyl (C=O) groups is 1. The second kappa shape index (κ2) is 6.64. The van der Waals surface area contributed by atoms with E-state index in [2.05, 4.69) is 15.5 Å². The Hall–Kier alpha value is -1.73. The lowest BCUT2D eigenvalue weighted by Gasteiger charge is -2.38. The molecular weight excluding hydrogens is 324 g/mol. The zero-order valence-electron chi connectivity index (χ0n) is 13.7. The van der Waals surface area contributed by atoms with Crippen LogP contribution in [-0.4, -0.2) is 47.1 Å². The zero-order chi connectivity index (χ0) is 16.4. The molecule has 0 aromatic carbocycles. The van der Waals surface area contributed by atoms with Gasteiger partial charge >= 0.3 is 0 Å². The van der Waals surface area contributed by atoms with Crippen LogP contribution >= 0.6 is 11.3 Å². The SMILES string of the molecule is O=C(CCc1nc(-c2ccsc2)no1)N1CCC2(CCNC2)CC1. The zero-order valence-corrected chi connectivity index (χ0v) is 14.5. The summed E-state index contributed by atoms with van der Waals surface area (Å²) < 4.78 is 5.27. The van der Waals surface area contributed by atoms with E-state index in [9.17, 15) is 4.79 Å². The molecule has 2 saturated heterocycles. The number of hydrogen-bond acceptors (Lipinski definition) is 6. The van der Waals surface area contributed by atoms with Crippen molar-refractivity contribution in [3.05, 3.63) is 22.7 Å². The summed E-state index contributed by atoms with van der Waals surface area (Å²) in [5, 5.41) is 11.4. The van der Waals surface area contributed by atoms with Crippen molar-refractivity contribution in [1.82, 2.24) is 20.4 Å². The minimum Gasteiger partial charge on any atom is -0.343 e. The predicted molar refractivity (Wildman–Crippen MR) is 91.7 cm³/mol. The van der Waals surface area contributed by atoms with Gasteiger partial charge in [-0.05, 0) is 42.7 Å². The predicted octanol–water partition coefficient (Wildman–Crippen LogP) is 2.33. The smallest absolute Gasteiger partial charge is 0.227 e. The first-order chi connectivity index (χ1) is 11.7. The first-order valence-corrected chi connectivity index (χ1v) is 9.52. The summed E-state index contributed by atoms with van der Waals surface area (Å²) in [4.78, 5) is 18.8. The number of aromatic nitrogens is 2. The number of piperidine rings is 1. The van der Waals surface area contributed by atoms with Gasteiger partial charge < -0.3 is 14.7 Å². The molecule has 0 radical (unpaired) electrons. The average molecular weight is 346 g/mol. The van der Waals surface area contributed by atoms with E-state index in [4.69, 9.17) is 4.52 Å². The molecule has 4 rings (SSSR count). The third-order valence-electron chi connectivity index (χ3n) is 5.31. The van der Waals surface area contributed by atoms with E-state index in [1.165, 1.54) is 6.42 Å². The van der Waals surface area contributed by atoms with E-state index >= 15 is 0 Å². The molecule has 2 aromatic rings. The molecule has 0 saturated carbocycles. The third-order valence-corrected chi connectivity index (χ3v) is 5.99. The van der Waals surface area contributed by atoms with Crippen molar-refractivity contribution in [2.75, 3.05) is 26.2 Å². The molecule has 4 heterocycles. The Bertz CT molecular complexity index is 681. The number of hydrogen-bond donors (Lipinski definition) is 1. The van der Waals surface area contributed by atoms with Crippen LogP contribution in [0.2, 0.25) is 0 Å². The highest BCUT2D eigenvalue weighted by Crippen LogP contribution is 2.37. The lowest BCUT2D eigenvalue weighted by Crippen LogP contribution is -2.44. The van der Waals surface area contributed by atoms with E-state index < -0.39 is 0 Å². The van der Waals surface area contributed by atoms with Crippen molar-refractivity contribution < 1.29 is 9.32 Å². The maximum Gasteiger partial charge on any atom is 0.227 e. The average Bonchev–Trinajstić information content (AvgIpc) is 3.35. The molecule has 0 bridgehead atoms. The molecule has 7 heteroatoms. The van der Waals surface area contributed by atoms with Crippen LogP contribution in [0.5, 0.6) is 0 Å². The van der Waals surface area contributed by atoms with Crippen molar-refractivity contribution in [1.29, 1.82) is 0 Å². The fourth-order valence-corrected chi connectivity index (χ4v) is 4.32. The molecule has 128 valence electrons. The van der Waals surface area contributed by atoms with Gasteiger partial charge in [0.05, 0.1) is 0 Å². The van der Waals surface area contributed by atoms with Crippen LogP contribution in [0.25, 0.3) is 11.4 Å². The Morgan fingerprint density at radius 3 is 2.96 bits per heavy atom. The summed E-state index contributed by atoms with van der Waals surface area (Å²) in [5.74, 6) is 1.34. The summed E-state index contributed by atoms with van der Waals surface area (Å²) in [6.45, 7) is 3.99. The van der Waals surface area contributed by atoms with Gasteiger partial charge in [0.1, 0.15) is 0 Å². The Morgan fingerprint density at radius 2 is 2.25 bits per heavy atom. The summed E-state index contributed by atoms with van der Waals surface area (Å²) in [5.41, 5.74) is 1.41. The van der Waals surface area contributed by atoms with E-state index in [0.29, 0.717) is 30.0 Å². The molecule has 2 aliphatic heterocycles. The van der Waals surface area contributed by atoms with Gasteiger partial charge in [0.2, 0.25) is 17.6 Å². The number of thiophene rings is 1. The van der Waals surface area contributed by atoms with Crippen molar-refractivity contribution in [2.24, 2.45) is 5.41 Å². The second-order valence-corrected chi connectivity index (χ2v) is 7.61. The normalized spacial score (nSPS) is 19.9. The van der Waals surface area contributed by atoms with Gasteiger partial charge in [-0.1, -0.05) is 5.16 Å². The number of rotatable bonds is 4. The molecule has 1 N–H and O–H groups in total. The second-order valence-electron chi connectivity index (χ2n) is 6.83. The molecule has 2 aromatic heterocycles. The number of nitrogens with one attached hydrogen (secondary N) is 1. The van der Waals surface area contributed by atoms with Crippen LogP contribution in [0.3, 0.4) is 0 Å². The van der Waals surface area contributed by atoms with Gasteiger partial charge in [-0.2, -0.15) is 16.3 Å². The molecule has 2 aliphatic rings. The van der Waals surface area contributed by atoms with Crippen LogP contribution in [0, 0.1) is 5.41 Å². The lowest BCUT2D eigenvalue weighted by atomic mass is 9.78. The maximum atomic E-state index is 12.4. The highest BCUT2D eigenvalue weighted by Gasteiger charge is 2.37. The number of aryl methyl sites for hydroxylation is 1. The topological polar surface area (TPSA) is 71.3 Å². The largest absolute Gasteiger partial charge is 0.343 e. The molecule has 1 spiro atoms. The highest BCUT2D eigenvalue weighted by molar-refractivity contribution is 7.08. The molecule has 0 unspecified atom stereocenters. The first kappa shape index (κ1) is 15.8. The molecule has 24 heavy (non-hydrogen) atoms. The number of amides is 1. The molecule has 2 fully saturated rings. The van der Waals surface area contributed by atoms with Crippen molar-refractivity contribution in [2.45, 2.75) is 32.1 Å². The van der Waals surface area contributed by atoms with Crippen LogP contribution < -0.4 is 5.32 Å². The summed E-state index contributed by atoms with van der Waals surface area (Å²) in [7, 11) is 0. The lowest BCUT2D eigenvalue weighted by molar-refractivity contribution is -0.133. The Morgan fingerprint density at radius 1 is 1.38 bits per heavy atom. The minimum atomic E-state index is 0.200. The highest BCUT2D eigenvalue weighted by atomic mass is 32.1. The summed E-state index contributed by atoms with van der Waals surface area (Å²) >= 11 is 1.60. The van der Waals surface area contributed by atoms with Gasteiger partial charge in [0, 0.05) is 43.4 Å². The quantitative estimate of drug-likeness (QED) is 0.920. The summed E-state index contributed by atoms with van der Waals surface area (Å²) in [6.07, 6.45) is 4.45. The van der Waals surface area contributed by atoms with Crippen LogP contribution in [0.4, 0.5) is 0 Å². The Kier molecular flexibility index (Phi) is 4.37. The van der Waals surface area contributed by atoms with Gasteiger partial charge in [-0.25, -0.2) is 0 Å². The summed E-state index contributed by atoms with van der Waals surface area (Å²) in [6, 6.07) is 1.96. The minimum absolute atomic E-state index is 0.200. The van der Waals surface area contributed by atoms with Crippen LogP contribution in [-0.2, 0) is 11.2 Å². The molecule has 0 atom stereocenters. The van der Waals surface area contributed by atoms with E-state index in [0.717, 1.165) is 44.6 Å². The van der Waals surface area contributed by atoms with Crippen molar-refractivity contribution in [3.63, 3.8) is 0 Å². The van der Waals surface area contributed by atoms with Crippen LogP contribution in [0.15, 0.2) is 21.3 Å². The monoisotopic (exact) mass is 346 g/mol. The van der Waals surface area contributed by atoms with Gasteiger partial charge in [-0.15, -0.1) is 0 Å². The first-order valence-electron chi connectivity index (χ1n) is 8.58. The maximum absolute atomic E-state index is 12.4. The van der Waals surface area contributed by atoms with E-state index in [-0.39, 0.29) is 5.91 Å². The third kappa shape index (κ3) is 3.23. The van der Waals surface area contributed by atoms with E-state index in [1.807, 2.05) is 21.7 Å². The number of nitrogens with zero attached hydrogens (tertiary/aromatic N) is 3. The Balaban J connectivity index is 1.28. The van der Waals surface area contributed by atoms with Crippen molar-refractivity contribution in [3.8, 4) is 11.4 Å². The van der Waals surface area contributed by atoms with Gasteiger partial charge in [-0.3, -0.25) is 4.79 Å². The van der Waals surface area contributed by atoms with Crippen LogP contribution in [0.1, 0.15) is 31.6 Å². The van der Waals surface area contributed by atoms with Crippen molar-refractivity contribution >= 4 is 17.2 Å².